The largest absolute Gasteiger partial charge is 0.493 e. The number of furan rings is 1. The number of amides is 1. The van der Waals surface area contributed by atoms with Crippen LogP contribution >= 0.6 is 0 Å². The lowest BCUT2D eigenvalue weighted by Crippen LogP contribution is -2.49. The van der Waals surface area contributed by atoms with Gasteiger partial charge in [-0.3, -0.25) is 4.79 Å². The maximum Gasteiger partial charge on any atom is 0.289 e. The maximum absolute atomic E-state index is 12.9. The fourth-order valence-electron chi connectivity index (χ4n) is 2.52. The summed E-state index contributed by atoms with van der Waals surface area (Å²) in [5.74, 6) is -4.08. The van der Waals surface area contributed by atoms with E-state index in [4.69, 9.17) is 36.1 Å². The minimum absolute atomic E-state index is 0.286. The Bertz CT molecular complexity index is 1440. The fourth-order valence-corrected chi connectivity index (χ4v) is 2.52. The molecule has 1 saturated heterocycles. The summed E-state index contributed by atoms with van der Waals surface area (Å²) in [7, 11) is -6.35. The second kappa shape index (κ2) is 7.26. The summed E-state index contributed by atoms with van der Waals surface area (Å²) in [6, 6.07) is 1.03. The number of carbonyl (C=O) groups excluding carboxylic acids is 1. The van der Waals surface area contributed by atoms with E-state index in [9.17, 15) is 4.79 Å². The maximum atomic E-state index is 12.9. The molecule has 0 radical (unpaired) electrons. The first-order chi connectivity index (χ1) is 18.2. The van der Waals surface area contributed by atoms with Gasteiger partial charge in [-0.2, -0.15) is 4.98 Å². The van der Waals surface area contributed by atoms with Crippen molar-refractivity contribution < 1.29 is 35.1 Å². The Morgan fingerprint density at radius 1 is 1.29 bits per heavy atom. The van der Waals surface area contributed by atoms with Crippen LogP contribution in [0.5, 0.6) is 11.5 Å². The lowest BCUT2D eigenvalue weighted by molar-refractivity contribution is 0.0714. The zero-order chi connectivity index (χ0) is 30.0. The number of rotatable bonds is 4. The first-order valence-corrected chi connectivity index (χ1v) is 7.83. The first-order valence-electron chi connectivity index (χ1n) is 13.8. The van der Waals surface area contributed by atoms with Crippen LogP contribution in [0.4, 0.5) is 11.8 Å². The molecule has 3 aromatic rings. The molecule has 0 bridgehead atoms. The molecule has 146 valence electrons. The summed E-state index contributed by atoms with van der Waals surface area (Å²) in [6.45, 7) is -6.61. The first kappa shape index (κ1) is 8.68. The summed E-state index contributed by atoms with van der Waals surface area (Å²) in [6.07, 6.45) is 1.18. The normalized spacial score (nSPS) is 25.1. The zero-order valence-corrected chi connectivity index (χ0v) is 14.1. The third kappa shape index (κ3) is 3.15. The van der Waals surface area contributed by atoms with Gasteiger partial charge in [-0.05, 0) is 18.2 Å². The molecule has 2 N–H and O–H groups in total. The number of nitrogens with two attached hydrogens (primary N) is 1. The second-order valence-corrected chi connectivity index (χ2v) is 5.53. The van der Waals surface area contributed by atoms with Crippen LogP contribution in [0.2, 0.25) is 0 Å². The molecule has 9 heteroatoms. The van der Waals surface area contributed by atoms with E-state index < -0.39 is 86.9 Å². The lowest BCUT2D eigenvalue weighted by atomic mass is 10.2. The fraction of sp³-hybridized carbons (Fsp3) is 0.316. The number of hydrogen-bond donors (Lipinski definition) is 1. The van der Waals surface area contributed by atoms with Crippen molar-refractivity contribution in [1.82, 2.24) is 14.9 Å². The van der Waals surface area contributed by atoms with Crippen molar-refractivity contribution in [2.24, 2.45) is 0 Å². The van der Waals surface area contributed by atoms with E-state index in [1.807, 2.05) is 0 Å². The molecule has 4 rings (SSSR count). The molecule has 3 heterocycles. The third-order valence-electron chi connectivity index (χ3n) is 3.86. The Morgan fingerprint density at radius 3 is 2.71 bits per heavy atom. The van der Waals surface area contributed by atoms with Gasteiger partial charge in [0.15, 0.2) is 17.3 Å². The molecular weight excluding hydrogens is 362 g/mol. The number of hydrogen-bond acceptors (Lipinski definition) is 8. The molecule has 0 saturated carbocycles. The van der Waals surface area contributed by atoms with E-state index >= 15 is 0 Å². The molecule has 0 spiro atoms. The van der Waals surface area contributed by atoms with Crippen LogP contribution in [0, 0.1) is 0 Å². The van der Waals surface area contributed by atoms with Crippen molar-refractivity contribution in [2.45, 2.75) is 0 Å². The Hall–Kier alpha value is -3.49. The van der Waals surface area contributed by atoms with Crippen LogP contribution in [0.3, 0.4) is 0 Å². The minimum Gasteiger partial charge on any atom is -0.493 e. The van der Waals surface area contributed by atoms with E-state index in [0.717, 1.165) is 4.90 Å². The number of aromatic nitrogens is 2. The van der Waals surface area contributed by atoms with Crippen LogP contribution in [-0.4, -0.2) is 60.9 Å². The summed E-state index contributed by atoms with van der Waals surface area (Å²) < 4.78 is 109. The topological polar surface area (TPSA) is 107 Å². The molecule has 1 amide bonds. The average Bonchev–Trinajstić information content (AvgIpc) is 3.31. The van der Waals surface area contributed by atoms with E-state index in [0.29, 0.717) is 4.90 Å². The van der Waals surface area contributed by atoms with Gasteiger partial charge in [0.05, 0.1) is 42.3 Å². The van der Waals surface area contributed by atoms with Crippen LogP contribution in [0.1, 0.15) is 27.0 Å². The van der Waals surface area contributed by atoms with Gasteiger partial charge in [-0.15, -0.1) is 0 Å². The number of nitrogens with zero attached hydrogens (tertiary/aromatic N) is 4. The Morgan fingerprint density at radius 2 is 2.04 bits per heavy atom. The summed E-state index contributed by atoms with van der Waals surface area (Å²) >= 11 is 0. The zero-order valence-electron chi connectivity index (χ0n) is 26.1. The van der Waals surface area contributed by atoms with Gasteiger partial charge in [0.25, 0.3) is 5.91 Å². The van der Waals surface area contributed by atoms with Crippen LogP contribution in [0.15, 0.2) is 34.9 Å². The molecule has 1 aliphatic heterocycles. The number of benzene rings is 1. The number of methoxy groups -OCH3 is 2. The number of carbonyl (C=O) groups is 1. The van der Waals surface area contributed by atoms with Crippen molar-refractivity contribution in [3.8, 4) is 11.5 Å². The van der Waals surface area contributed by atoms with E-state index in [1.54, 1.807) is 0 Å². The number of piperazine rings is 1. The molecule has 0 aliphatic carbocycles. The van der Waals surface area contributed by atoms with Gasteiger partial charge >= 0.3 is 0 Å². The highest BCUT2D eigenvalue weighted by Crippen LogP contribution is 2.34. The Kier molecular flexibility index (Phi) is 2.25. The molecular formula is C19H21N5O4. The predicted octanol–water partition coefficient (Wildman–Crippen LogP) is 1.78. The van der Waals surface area contributed by atoms with Gasteiger partial charge in [0, 0.05) is 37.5 Å². The van der Waals surface area contributed by atoms with E-state index in [-0.39, 0.29) is 11.1 Å². The molecule has 1 aromatic carbocycles. The molecule has 1 fully saturated rings. The highest BCUT2D eigenvalue weighted by Gasteiger charge is 2.25. The highest BCUT2D eigenvalue weighted by atomic mass is 16.5. The van der Waals surface area contributed by atoms with Gasteiger partial charge in [0.1, 0.15) is 5.82 Å². The summed E-state index contributed by atoms with van der Waals surface area (Å²) in [5, 5.41) is -0.386. The minimum atomic E-state index is -3.19. The van der Waals surface area contributed by atoms with Crippen molar-refractivity contribution in [3.05, 3.63) is 36.2 Å². The number of ether oxygens (including phenoxy) is 2. The lowest BCUT2D eigenvalue weighted by Gasteiger charge is -2.34. The van der Waals surface area contributed by atoms with Crippen LogP contribution in [-0.2, 0) is 0 Å². The molecule has 28 heavy (non-hydrogen) atoms. The second-order valence-electron chi connectivity index (χ2n) is 5.53. The van der Waals surface area contributed by atoms with Gasteiger partial charge in [-0.1, -0.05) is 0 Å². The monoisotopic (exact) mass is 395 g/mol. The van der Waals surface area contributed by atoms with Crippen LogP contribution in [0.25, 0.3) is 10.9 Å². The van der Waals surface area contributed by atoms with Crippen LogP contribution < -0.4 is 20.1 Å². The highest BCUT2D eigenvalue weighted by molar-refractivity contribution is 5.92. The Balaban J connectivity index is 1.84. The quantitative estimate of drug-likeness (QED) is 0.712. The van der Waals surface area contributed by atoms with Crippen molar-refractivity contribution in [1.29, 1.82) is 0 Å². The van der Waals surface area contributed by atoms with Gasteiger partial charge in [0.2, 0.25) is 5.95 Å². The van der Waals surface area contributed by atoms with E-state index in [2.05, 4.69) is 9.97 Å². The van der Waals surface area contributed by atoms with Crippen molar-refractivity contribution >= 4 is 28.6 Å². The van der Waals surface area contributed by atoms with Gasteiger partial charge in [-0.25, -0.2) is 4.98 Å². The molecule has 0 atom stereocenters. The average molecular weight is 395 g/mol. The van der Waals surface area contributed by atoms with Crippen molar-refractivity contribution in [2.75, 3.05) is 50.8 Å². The number of anilines is 2. The Labute approximate surface area is 178 Å². The SMILES string of the molecule is [2H]c1c(OC([2H])([2H])[2H])c(OC([2H])([2H])[2H])c([2H])c2c(N)nc(N3CC([2H])([2H])N(C(=O)c4ccco4)C([2H])([2H])C3)nc12. The van der Waals surface area contributed by atoms with Crippen molar-refractivity contribution in [3.63, 3.8) is 0 Å². The molecule has 1 aliphatic rings. The molecule has 2 aromatic heterocycles. The summed E-state index contributed by atoms with van der Waals surface area (Å²) in [4.78, 5) is 22.4. The van der Waals surface area contributed by atoms with Gasteiger partial charge < -0.3 is 29.4 Å². The third-order valence-corrected chi connectivity index (χ3v) is 3.86. The molecule has 9 nitrogen and oxygen atoms in total. The standard InChI is InChI=1S/C19H21N5O4/c1-26-15-10-12-13(11-16(15)27-2)21-19(22-17(12)20)24-7-5-23(6-8-24)18(25)14-4-3-9-28-14/h3-4,9-11H,5-8H2,1-2H3,(H2,20,21,22)/i1D3,2D3,5D2,6D2,10D,11D. The van der Waals surface area contributed by atoms with E-state index in [1.165, 1.54) is 18.4 Å². The smallest absolute Gasteiger partial charge is 0.289 e. The number of nitrogen functional groups attached to an aromatic ring is 1. The summed E-state index contributed by atoms with van der Waals surface area (Å²) in [5.41, 5.74) is 5.55. The number of fused-ring (bicyclic) bond motifs is 1. The predicted molar refractivity (Wildman–Crippen MR) is 104 cm³/mol. The molecule has 0 unspecified atom stereocenters.